The van der Waals surface area contributed by atoms with Gasteiger partial charge < -0.3 is 9.30 Å². The van der Waals surface area contributed by atoms with Gasteiger partial charge in [0, 0.05) is 33.7 Å². The van der Waals surface area contributed by atoms with Crippen molar-refractivity contribution in [2.24, 2.45) is 0 Å². The van der Waals surface area contributed by atoms with Gasteiger partial charge in [0.05, 0.1) is 11.0 Å². The molecular formula is C30H19NO. The van der Waals surface area contributed by atoms with Crippen LogP contribution in [0, 0.1) is 0 Å². The van der Waals surface area contributed by atoms with Crippen molar-refractivity contribution in [2.45, 2.75) is 0 Å². The summed E-state index contributed by atoms with van der Waals surface area (Å²) in [6, 6.07) is 40.5. The topological polar surface area (TPSA) is 14.2 Å². The van der Waals surface area contributed by atoms with Crippen molar-refractivity contribution in [3.8, 4) is 39.4 Å². The number of para-hydroxylation sites is 3. The van der Waals surface area contributed by atoms with E-state index in [4.69, 9.17) is 4.74 Å². The zero-order chi connectivity index (χ0) is 21.1. The van der Waals surface area contributed by atoms with Crippen molar-refractivity contribution in [1.29, 1.82) is 0 Å². The molecule has 6 aromatic rings. The van der Waals surface area contributed by atoms with Crippen LogP contribution in [0.25, 0.3) is 49.7 Å². The van der Waals surface area contributed by atoms with Gasteiger partial charge in [-0.1, -0.05) is 78.9 Å². The van der Waals surface area contributed by atoms with E-state index in [9.17, 15) is 0 Å². The third-order valence-electron chi connectivity index (χ3n) is 6.40. The third-order valence-corrected chi connectivity index (χ3v) is 6.40. The van der Waals surface area contributed by atoms with Gasteiger partial charge in [-0.05, 0) is 41.5 Å². The SMILES string of the molecule is c1ccc(-n2c3ccccc3c3cc4c(cc32)Oc2ccccc2-c2ccccc2-4)cc1. The number of hydrogen-bond donors (Lipinski definition) is 0. The van der Waals surface area contributed by atoms with Crippen LogP contribution in [-0.2, 0) is 0 Å². The lowest BCUT2D eigenvalue weighted by Gasteiger charge is -2.12. The van der Waals surface area contributed by atoms with E-state index in [1.807, 2.05) is 6.07 Å². The van der Waals surface area contributed by atoms with Crippen molar-refractivity contribution in [1.82, 2.24) is 4.57 Å². The standard InChI is InChI=1S/C30H19NO/c1-2-10-20(11-3-1)31-27-16-8-6-14-23(27)25-18-26-22-13-5-4-12-21(22)24-15-7-9-17-29(24)32-30(26)19-28(25)31/h1-19H. The van der Waals surface area contributed by atoms with Crippen LogP contribution in [0.3, 0.4) is 0 Å². The summed E-state index contributed by atoms with van der Waals surface area (Å²) < 4.78 is 8.90. The highest BCUT2D eigenvalue weighted by Crippen LogP contribution is 2.48. The number of hydrogen-bond acceptors (Lipinski definition) is 1. The lowest BCUT2D eigenvalue weighted by molar-refractivity contribution is 0.488. The molecule has 2 heterocycles. The predicted octanol–water partition coefficient (Wildman–Crippen LogP) is 8.22. The first-order valence-corrected chi connectivity index (χ1v) is 10.9. The van der Waals surface area contributed by atoms with Crippen molar-refractivity contribution >= 4 is 21.8 Å². The molecule has 0 amide bonds. The number of fused-ring (bicyclic) bond motifs is 8. The van der Waals surface area contributed by atoms with Crippen LogP contribution in [0.1, 0.15) is 0 Å². The van der Waals surface area contributed by atoms with Crippen LogP contribution in [0.2, 0.25) is 0 Å². The van der Waals surface area contributed by atoms with E-state index in [-0.39, 0.29) is 0 Å². The number of aromatic nitrogens is 1. The highest BCUT2D eigenvalue weighted by atomic mass is 16.5. The van der Waals surface area contributed by atoms with Crippen LogP contribution in [0.4, 0.5) is 0 Å². The van der Waals surface area contributed by atoms with Crippen LogP contribution in [-0.4, -0.2) is 4.57 Å². The second kappa shape index (κ2) is 6.60. The second-order valence-electron chi connectivity index (χ2n) is 8.20. The molecule has 5 aromatic carbocycles. The van der Waals surface area contributed by atoms with Gasteiger partial charge in [0.2, 0.25) is 0 Å². The quantitative estimate of drug-likeness (QED) is 0.266. The molecule has 0 radical (unpaired) electrons. The Labute approximate surface area is 185 Å². The highest BCUT2D eigenvalue weighted by Gasteiger charge is 2.23. The van der Waals surface area contributed by atoms with Gasteiger partial charge in [0.15, 0.2) is 0 Å². The molecule has 0 spiro atoms. The molecule has 7 rings (SSSR count). The van der Waals surface area contributed by atoms with E-state index < -0.39 is 0 Å². The Morgan fingerprint density at radius 2 is 1.09 bits per heavy atom. The molecule has 0 saturated heterocycles. The van der Waals surface area contributed by atoms with E-state index in [0.717, 1.165) is 33.8 Å². The fourth-order valence-electron chi connectivity index (χ4n) is 5.00. The Morgan fingerprint density at radius 1 is 0.438 bits per heavy atom. The maximum Gasteiger partial charge on any atom is 0.137 e. The Balaban J connectivity index is 1.63. The van der Waals surface area contributed by atoms with Crippen molar-refractivity contribution in [3.05, 3.63) is 115 Å². The van der Waals surface area contributed by atoms with E-state index in [1.165, 1.54) is 27.4 Å². The summed E-state index contributed by atoms with van der Waals surface area (Å²) >= 11 is 0. The van der Waals surface area contributed by atoms with Gasteiger partial charge in [-0.15, -0.1) is 0 Å². The fraction of sp³-hybridized carbons (Fsp3) is 0. The summed E-state index contributed by atoms with van der Waals surface area (Å²) in [5.74, 6) is 1.77. The zero-order valence-corrected chi connectivity index (χ0v) is 17.3. The molecule has 0 fully saturated rings. The Morgan fingerprint density at radius 3 is 1.94 bits per heavy atom. The molecule has 0 unspecified atom stereocenters. The van der Waals surface area contributed by atoms with Crippen LogP contribution >= 0.6 is 0 Å². The maximum atomic E-state index is 6.57. The van der Waals surface area contributed by atoms with Gasteiger partial charge in [-0.3, -0.25) is 0 Å². The van der Waals surface area contributed by atoms with Crippen LogP contribution in [0.15, 0.2) is 115 Å². The monoisotopic (exact) mass is 409 g/mol. The van der Waals surface area contributed by atoms with E-state index in [0.29, 0.717) is 0 Å². The molecule has 0 N–H and O–H groups in total. The molecule has 32 heavy (non-hydrogen) atoms. The summed E-state index contributed by atoms with van der Waals surface area (Å²) in [4.78, 5) is 0. The minimum absolute atomic E-state index is 0.884. The lowest BCUT2D eigenvalue weighted by Crippen LogP contribution is -1.94. The number of nitrogens with zero attached hydrogens (tertiary/aromatic N) is 1. The summed E-state index contributed by atoms with van der Waals surface area (Å²) in [6.07, 6.45) is 0. The third kappa shape index (κ3) is 2.41. The molecule has 1 aliphatic rings. The van der Waals surface area contributed by atoms with Crippen molar-refractivity contribution < 1.29 is 4.74 Å². The minimum Gasteiger partial charge on any atom is -0.456 e. The van der Waals surface area contributed by atoms with Crippen LogP contribution in [0.5, 0.6) is 11.5 Å². The first-order valence-electron chi connectivity index (χ1n) is 10.9. The average molecular weight is 409 g/mol. The summed E-state index contributed by atoms with van der Waals surface area (Å²) in [5, 5.41) is 2.47. The van der Waals surface area contributed by atoms with Crippen LogP contribution < -0.4 is 4.74 Å². The highest BCUT2D eigenvalue weighted by molar-refractivity contribution is 6.12. The van der Waals surface area contributed by atoms with Gasteiger partial charge in [0.1, 0.15) is 11.5 Å². The Bertz CT molecular complexity index is 1640. The number of ether oxygens (including phenoxy) is 1. The van der Waals surface area contributed by atoms with Gasteiger partial charge in [0.25, 0.3) is 0 Å². The van der Waals surface area contributed by atoms with Crippen molar-refractivity contribution in [3.63, 3.8) is 0 Å². The molecule has 1 aliphatic heterocycles. The molecule has 2 nitrogen and oxygen atoms in total. The molecule has 1 aromatic heterocycles. The lowest BCUT2D eigenvalue weighted by atomic mass is 9.94. The normalized spacial score (nSPS) is 12.0. The van der Waals surface area contributed by atoms with Gasteiger partial charge >= 0.3 is 0 Å². The minimum atomic E-state index is 0.884. The predicted molar refractivity (Wildman–Crippen MR) is 132 cm³/mol. The van der Waals surface area contributed by atoms with Gasteiger partial charge in [-0.2, -0.15) is 0 Å². The first-order chi connectivity index (χ1) is 15.9. The zero-order valence-electron chi connectivity index (χ0n) is 17.3. The Hall–Kier alpha value is -4.30. The molecule has 2 heteroatoms. The summed E-state index contributed by atoms with van der Waals surface area (Å²) in [5.41, 5.74) is 8.14. The average Bonchev–Trinajstić information content (AvgIpc) is 3.10. The van der Waals surface area contributed by atoms with Gasteiger partial charge in [-0.25, -0.2) is 0 Å². The molecule has 0 atom stereocenters. The summed E-state index contributed by atoms with van der Waals surface area (Å²) in [7, 11) is 0. The fourth-order valence-corrected chi connectivity index (χ4v) is 5.00. The summed E-state index contributed by atoms with van der Waals surface area (Å²) in [6.45, 7) is 0. The van der Waals surface area contributed by atoms with E-state index in [1.54, 1.807) is 0 Å². The van der Waals surface area contributed by atoms with Crippen molar-refractivity contribution in [2.75, 3.05) is 0 Å². The molecule has 0 saturated carbocycles. The second-order valence-corrected chi connectivity index (χ2v) is 8.20. The smallest absolute Gasteiger partial charge is 0.137 e. The van der Waals surface area contributed by atoms with E-state index in [2.05, 4.69) is 114 Å². The first kappa shape index (κ1) is 17.4. The molecule has 150 valence electrons. The Kier molecular flexibility index (Phi) is 3.58. The molecule has 0 aliphatic carbocycles. The molecule has 0 bridgehead atoms. The maximum absolute atomic E-state index is 6.57. The number of rotatable bonds is 1. The largest absolute Gasteiger partial charge is 0.456 e. The van der Waals surface area contributed by atoms with E-state index >= 15 is 0 Å². The number of benzene rings is 5. The molecular weight excluding hydrogens is 390 g/mol.